The highest BCUT2D eigenvalue weighted by molar-refractivity contribution is 7.83. The number of ether oxygens (including phenoxy) is 1. The van der Waals surface area contributed by atoms with Gasteiger partial charge in [0.2, 0.25) is 0 Å². The molecule has 3 fully saturated rings. The van der Waals surface area contributed by atoms with Gasteiger partial charge in [-0.2, -0.15) is 0 Å². The van der Waals surface area contributed by atoms with E-state index in [0.29, 0.717) is 17.1 Å². The summed E-state index contributed by atoms with van der Waals surface area (Å²) in [5, 5.41) is 9.60. The van der Waals surface area contributed by atoms with Crippen molar-refractivity contribution in [2.24, 2.45) is 0 Å². The molecule has 3 saturated carbocycles. The number of fused-ring (bicyclic) bond motifs is 3. The van der Waals surface area contributed by atoms with Crippen molar-refractivity contribution in [1.29, 1.82) is 0 Å². The summed E-state index contributed by atoms with van der Waals surface area (Å²) in [6.07, 6.45) is 8.42. The van der Waals surface area contributed by atoms with Crippen LogP contribution in [-0.2, 0) is 27.7 Å². The highest BCUT2D eigenvalue weighted by Crippen LogP contribution is 2.56. The van der Waals surface area contributed by atoms with Crippen LogP contribution < -0.4 is 20.7 Å². The smallest absolute Gasteiger partial charge is 0.407 e. The number of thiazole rings is 1. The first-order chi connectivity index (χ1) is 20.9. The number of rotatable bonds is 9. The first kappa shape index (κ1) is 32.1. The molecule has 44 heavy (non-hydrogen) atoms. The average Bonchev–Trinajstić information content (AvgIpc) is 3.47. The molecule has 0 spiro atoms. The Morgan fingerprint density at radius 3 is 2.41 bits per heavy atom. The Balaban J connectivity index is 1.33. The number of nitrogens with zero attached hydrogens (tertiary/aromatic N) is 2. The molecule has 2 heterocycles. The number of benzene rings is 1. The topological polar surface area (TPSA) is 134 Å². The zero-order chi connectivity index (χ0) is 31.5. The lowest BCUT2D eigenvalue weighted by molar-refractivity contribution is -0.0750. The number of hydrogen-bond acceptors (Lipinski definition) is 7. The highest BCUT2D eigenvalue weighted by Gasteiger charge is 2.53. The molecule has 6 rings (SSSR count). The minimum Gasteiger partial charge on any atom is -0.443 e. The van der Waals surface area contributed by atoms with Gasteiger partial charge in [-0.05, 0) is 97.4 Å². The number of pyridine rings is 1. The monoisotopic (exact) mass is 638 g/mol. The minimum atomic E-state index is -1.55. The largest absolute Gasteiger partial charge is 0.443 e. The standard InChI is InChI=1S/C32H42N6O4S2/c1-21(2)36-29(40)42-32-14-11-31(12-15-32,13-16-32)27-34-20-25(43-27)24-10-9-22(18-26(24)44(41)38-30(3,4)5)37-28(39)35-19-23-8-6-7-17-33-23/h6-10,17-18,20-21,38H,11-16,19H2,1-5H3,(H,36,40)(H2,35,37,39). The summed E-state index contributed by atoms with van der Waals surface area (Å²) in [5.74, 6) is 0. The molecule has 10 nitrogen and oxygen atoms in total. The van der Waals surface area contributed by atoms with Crippen molar-refractivity contribution >= 4 is 40.1 Å². The Morgan fingerprint density at radius 2 is 1.77 bits per heavy atom. The van der Waals surface area contributed by atoms with Crippen LogP contribution in [-0.4, -0.2) is 43.5 Å². The molecule has 4 N–H and O–H groups in total. The summed E-state index contributed by atoms with van der Waals surface area (Å²) in [5.41, 5.74) is 1.27. The van der Waals surface area contributed by atoms with E-state index < -0.39 is 22.1 Å². The van der Waals surface area contributed by atoms with Gasteiger partial charge >= 0.3 is 12.1 Å². The number of hydrogen-bond donors (Lipinski definition) is 4. The molecular formula is C32H42N6O4S2. The minimum absolute atomic E-state index is 0.0379. The molecular weight excluding hydrogens is 597 g/mol. The fourth-order valence-electron chi connectivity index (χ4n) is 5.87. The number of carbonyl (C=O) groups is 2. The summed E-state index contributed by atoms with van der Waals surface area (Å²) in [6, 6.07) is 10.7. The maximum absolute atomic E-state index is 13.6. The second kappa shape index (κ2) is 12.9. The van der Waals surface area contributed by atoms with Crippen LogP contribution in [0.15, 0.2) is 53.7 Å². The normalized spacial score (nSPS) is 22.0. The number of alkyl carbamates (subject to hydrolysis) is 1. The molecule has 3 aliphatic carbocycles. The Labute approximate surface area is 265 Å². The number of aromatic nitrogens is 2. The zero-order valence-electron chi connectivity index (χ0n) is 26.0. The van der Waals surface area contributed by atoms with E-state index in [2.05, 4.69) is 25.7 Å². The van der Waals surface area contributed by atoms with Crippen LogP contribution >= 0.6 is 11.3 Å². The number of carbonyl (C=O) groups excluding carboxylic acids is 2. The van der Waals surface area contributed by atoms with Crippen LogP contribution in [0, 0.1) is 0 Å². The molecule has 0 aliphatic heterocycles. The first-order valence-electron chi connectivity index (χ1n) is 15.1. The SMILES string of the molecule is CC(C)NC(=O)OC12CCC(c3ncc(-c4ccc(NC(=O)NCc5ccccn5)cc4S(=O)NC(C)(C)C)s3)(CC1)CC2. The van der Waals surface area contributed by atoms with Crippen LogP contribution in [0.25, 0.3) is 10.4 Å². The van der Waals surface area contributed by atoms with Crippen molar-refractivity contribution in [2.75, 3.05) is 5.32 Å². The molecule has 1 unspecified atom stereocenters. The van der Waals surface area contributed by atoms with E-state index >= 15 is 0 Å². The van der Waals surface area contributed by atoms with E-state index in [-0.39, 0.29) is 23.6 Å². The number of urea groups is 1. The molecule has 12 heteroatoms. The van der Waals surface area contributed by atoms with Gasteiger partial charge in [0.05, 0.1) is 27.0 Å². The van der Waals surface area contributed by atoms with Gasteiger partial charge in [0.1, 0.15) is 16.6 Å². The highest BCUT2D eigenvalue weighted by atomic mass is 32.2. The number of amides is 3. The van der Waals surface area contributed by atoms with Gasteiger partial charge < -0.3 is 20.7 Å². The molecule has 236 valence electrons. The molecule has 2 bridgehead atoms. The Morgan fingerprint density at radius 1 is 1.05 bits per heavy atom. The fraction of sp³-hybridized carbons (Fsp3) is 0.500. The fourth-order valence-corrected chi connectivity index (χ4v) is 8.44. The Hall–Kier alpha value is -3.35. The van der Waals surface area contributed by atoms with E-state index in [1.54, 1.807) is 23.6 Å². The summed E-state index contributed by atoms with van der Waals surface area (Å²) in [4.78, 5) is 35.6. The van der Waals surface area contributed by atoms with Crippen LogP contribution in [0.1, 0.15) is 83.8 Å². The van der Waals surface area contributed by atoms with Crippen molar-refractivity contribution in [3.05, 3.63) is 59.5 Å². The van der Waals surface area contributed by atoms with E-state index in [1.807, 2.05) is 71.1 Å². The van der Waals surface area contributed by atoms with Crippen LogP contribution in [0.5, 0.6) is 0 Å². The van der Waals surface area contributed by atoms with Crippen molar-refractivity contribution in [1.82, 2.24) is 25.3 Å². The third kappa shape index (κ3) is 7.65. The Bertz CT molecular complexity index is 1490. The van der Waals surface area contributed by atoms with Gasteiger partial charge in [-0.1, -0.05) is 12.1 Å². The predicted octanol–water partition coefficient (Wildman–Crippen LogP) is 6.42. The van der Waals surface area contributed by atoms with Gasteiger partial charge in [0, 0.05) is 40.6 Å². The molecule has 2 aromatic heterocycles. The molecule has 1 aromatic carbocycles. The zero-order valence-corrected chi connectivity index (χ0v) is 27.6. The van der Waals surface area contributed by atoms with Crippen molar-refractivity contribution in [2.45, 2.75) is 107 Å². The van der Waals surface area contributed by atoms with Crippen LogP contribution in [0.3, 0.4) is 0 Å². The second-order valence-corrected chi connectivity index (χ2v) is 15.4. The number of anilines is 1. The average molecular weight is 639 g/mol. The van der Waals surface area contributed by atoms with E-state index in [1.165, 1.54) is 0 Å². The van der Waals surface area contributed by atoms with Gasteiger partial charge in [-0.25, -0.2) is 23.5 Å². The maximum Gasteiger partial charge on any atom is 0.407 e. The molecule has 1 atom stereocenters. The quantitative estimate of drug-likeness (QED) is 0.214. The lowest BCUT2D eigenvalue weighted by atomic mass is 9.59. The maximum atomic E-state index is 13.6. The molecule has 3 amide bonds. The third-order valence-electron chi connectivity index (χ3n) is 8.11. The second-order valence-electron chi connectivity index (χ2n) is 13.1. The summed E-state index contributed by atoms with van der Waals surface area (Å²) >= 11 is 1.64. The van der Waals surface area contributed by atoms with Gasteiger partial charge in [-0.3, -0.25) is 4.98 Å². The van der Waals surface area contributed by atoms with Crippen LogP contribution in [0.4, 0.5) is 15.3 Å². The predicted molar refractivity (Wildman–Crippen MR) is 174 cm³/mol. The lowest BCUT2D eigenvalue weighted by Crippen LogP contribution is -2.52. The molecule has 3 aliphatic rings. The van der Waals surface area contributed by atoms with Crippen molar-refractivity contribution in [3.63, 3.8) is 0 Å². The van der Waals surface area contributed by atoms with Crippen molar-refractivity contribution in [3.8, 4) is 10.4 Å². The summed E-state index contributed by atoms with van der Waals surface area (Å²) in [7, 11) is -1.55. The number of nitrogens with one attached hydrogen (secondary N) is 4. The van der Waals surface area contributed by atoms with Gasteiger partial charge in [0.25, 0.3) is 0 Å². The van der Waals surface area contributed by atoms with E-state index in [0.717, 1.165) is 59.7 Å². The third-order valence-corrected chi connectivity index (χ3v) is 10.9. The van der Waals surface area contributed by atoms with Gasteiger partial charge in [0.15, 0.2) is 0 Å². The van der Waals surface area contributed by atoms with E-state index in [4.69, 9.17) is 9.72 Å². The van der Waals surface area contributed by atoms with Gasteiger partial charge in [-0.15, -0.1) is 11.3 Å². The first-order valence-corrected chi connectivity index (χ1v) is 17.1. The molecule has 0 radical (unpaired) electrons. The van der Waals surface area contributed by atoms with E-state index in [9.17, 15) is 13.8 Å². The summed E-state index contributed by atoms with van der Waals surface area (Å²) < 4.78 is 22.7. The Kier molecular flexibility index (Phi) is 9.43. The van der Waals surface area contributed by atoms with Crippen LogP contribution in [0.2, 0.25) is 0 Å². The summed E-state index contributed by atoms with van der Waals surface area (Å²) in [6.45, 7) is 10.0. The van der Waals surface area contributed by atoms with Crippen molar-refractivity contribution < 1.29 is 18.5 Å². The molecule has 0 saturated heterocycles. The lowest BCUT2D eigenvalue weighted by Gasteiger charge is -2.51. The molecule has 3 aromatic rings.